The number of nitrogens with one attached hydrogen (secondary N) is 2. The Labute approximate surface area is 194 Å². The summed E-state index contributed by atoms with van der Waals surface area (Å²) in [6, 6.07) is 10.4. The standard InChI is InChI=1S/C24H33N5O4/c1-18-21(23(31)27-24(26-18)29-10-12-32-13-11-29)7-8-22(30)25-15-20-17-28(9-14-33-20)16-19-5-3-2-4-6-19/h2-6,20H,7-17H2,1H3,(H,25,30)(H,26,27,31). The lowest BCUT2D eigenvalue weighted by Crippen LogP contribution is -2.47. The van der Waals surface area contributed by atoms with E-state index in [1.54, 1.807) is 0 Å². The van der Waals surface area contributed by atoms with Crippen molar-refractivity contribution in [3.05, 3.63) is 57.5 Å². The summed E-state index contributed by atoms with van der Waals surface area (Å²) in [6.07, 6.45) is 0.559. The number of rotatable bonds is 8. The van der Waals surface area contributed by atoms with Gasteiger partial charge in [0, 0.05) is 56.9 Å². The Morgan fingerprint density at radius 1 is 1.18 bits per heavy atom. The lowest BCUT2D eigenvalue weighted by atomic mass is 10.1. The van der Waals surface area contributed by atoms with Crippen LogP contribution in [0.4, 0.5) is 5.95 Å². The summed E-state index contributed by atoms with van der Waals surface area (Å²) >= 11 is 0. The molecule has 3 heterocycles. The van der Waals surface area contributed by atoms with Gasteiger partial charge in [-0.1, -0.05) is 30.3 Å². The molecule has 2 fully saturated rings. The number of hydrogen-bond donors (Lipinski definition) is 2. The van der Waals surface area contributed by atoms with Crippen molar-refractivity contribution in [1.29, 1.82) is 0 Å². The average molecular weight is 456 g/mol. The van der Waals surface area contributed by atoms with Gasteiger partial charge in [-0.05, 0) is 18.9 Å². The fourth-order valence-electron chi connectivity index (χ4n) is 4.26. The SMILES string of the molecule is Cc1nc(N2CCOCC2)[nH]c(=O)c1CCC(=O)NCC1CN(Cc2ccccc2)CCO1. The van der Waals surface area contributed by atoms with Crippen LogP contribution in [0.5, 0.6) is 0 Å². The fraction of sp³-hybridized carbons (Fsp3) is 0.542. The van der Waals surface area contributed by atoms with E-state index in [-0.39, 0.29) is 24.0 Å². The van der Waals surface area contributed by atoms with Gasteiger partial charge < -0.3 is 19.7 Å². The van der Waals surface area contributed by atoms with E-state index < -0.39 is 0 Å². The third kappa shape index (κ3) is 6.63. The predicted molar refractivity (Wildman–Crippen MR) is 125 cm³/mol. The largest absolute Gasteiger partial charge is 0.378 e. The van der Waals surface area contributed by atoms with Crippen molar-refractivity contribution >= 4 is 11.9 Å². The second kappa shape index (κ2) is 11.4. The van der Waals surface area contributed by atoms with Gasteiger partial charge in [-0.25, -0.2) is 4.98 Å². The number of aromatic nitrogens is 2. The van der Waals surface area contributed by atoms with E-state index in [0.717, 1.165) is 19.6 Å². The van der Waals surface area contributed by atoms with Crippen LogP contribution >= 0.6 is 0 Å². The summed E-state index contributed by atoms with van der Waals surface area (Å²) in [5.41, 5.74) is 2.32. The van der Waals surface area contributed by atoms with Gasteiger partial charge in [0.05, 0.1) is 25.9 Å². The number of anilines is 1. The van der Waals surface area contributed by atoms with Crippen LogP contribution < -0.4 is 15.8 Å². The van der Waals surface area contributed by atoms with Crippen molar-refractivity contribution in [1.82, 2.24) is 20.2 Å². The van der Waals surface area contributed by atoms with Crippen molar-refractivity contribution in [3.63, 3.8) is 0 Å². The van der Waals surface area contributed by atoms with Crippen LogP contribution in [-0.4, -0.2) is 79.4 Å². The summed E-state index contributed by atoms with van der Waals surface area (Å²) in [5.74, 6) is 0.485. The number of aromatic amines is 1. The van der Waals surface area contributed by atoms with Crippen LogP contribution in [0.25, 0.3) is 0 Å². The van der Waals surface area contributed by atoms with Crippen LogP contribution in [0, 0.1) is 6.92 Å². The number of nitrogens with zero attached hydrogens (tertiary/aromatic N) is 3. The molecule has 178 valence electrons. The van der Waals surface area contributed by atoms with Crippen molar-refractivity contribution < 1.29 is 14.3 Å². The van der Waals surface area contributed by atoms with E-state index >= 15 is 0 Å². The Bertz CT molecular complexity index is 975. The van der Waals surface area contributed by atoms with E-state index in [4.69, 9.17) is 9.47 Å². The Balaban J connectivity index is 1.23. The molecule has 0 radical (unpaired) electrons. The van der Waals surface area contributed by atoms with Gasteiger partial charge in [0.25, 0.3) is 5.56 Å². The van der Waals surface area contributed by atoms with Gasteiger partial charge in [0.2, 0.25) is 11.9 Å². The Kier molecular flexibility index (Phi) is 8.09. The summed E-state index contributed by atoms with van der Waals surface area (Å²) in [7, 11) is 0. The second-order valence-corrected chi connectivity index (χ2v) is 8.57. The van der Waals surface area contributed by atoms with Crippen LogP contribution in [0.2, 0.25) is 0 Å². The van der Waals surface area contributed by atoms with Gasteiger partial charge in [-0.15, -0.1) is 0 Å². The molecule has 2 aliphatic heterocycles. The molecule has 33 heavy (non-hydrogen) atoms. The highest BCUT2D eigenvalue weighted by Gasteiger charge is 2.21. The van der Waals surface area contributed by atoms with Gasteiger partial charge >= 0.3 is 0 Å². The summed E-state index contributed by atoms with van der Waals surface area (Å²) in [4.78, 5) is 36.8. The maximum absolute atomic E-state index is 12.6. The summed E-state index contributed by atoms with van der Waals surface area (Å²) < 4.78 is 11.2. The number of benzene rings is 1. The molecular weight excluding hydrogens is 422 g/mol. The van der Waals surface area contributed by atoms with Gasteiger partial charge in [0.1, 0.15) is 0 Å². The van der Waals surface area contributed by atoms with Gasteiger partial charge in [-0.2, -0.15) is 0 Å². The van der Waals surface area contributed by atoms with Crippen molar-refractivity contribution in [2.24, 2.45) is 0 Å². The van der Waals surface area contributed by atoms with E-state index in [9.17, 15) is 9.59 Å². The van der Waals surface area contributed by atoms with Crippen molar-refractivity contribution in [2.45, 2.75) is 32.4 Å². The Hall–Kier alpha value is -2.75. The lowest BCUT2D eigenvalue weighted by Gasteiger charge is -2.33. The summed E-state index contributed by atoms with van der Waals surface area (Å²) in [6.45, 7) is 8.14. The first-order valence-corrected chi connectivity index (χ1v) is 11.7. The molecule has 1 aromatic heterocycles. The topological polar surface area (TPSA) is 99.8 Å². The second-order valence-electron chi connectivity index (χ2n) is 8.57. The quantitative estimate of drug-likeness (QED) is 0.609. The third-order valence-corrected chi connectivity index (χ3v) is 6.12. The van der Waals surface area contributed by atoms with E-state index in [0.29, 0.717) is 63.1 Å². The monoisotopic (exact) mass is 455 g/mol. The number of hydrogen-bond acceptors (Lipinski definition) is 7. The molecule has 1 unspecified atom stereocenters. The third-order valence-electron chi connectivity index (χ3n) is 6.12. The summed E-state index contributed by atoms with van der Waals surface area (Å²) in [5, 5.41) is 2.96. The first-order valence-electron chi connectivity index (χ1n) is 11.7. The smallest absolute Gasteiger partial charge is 0.255 e. The molecular formula is C24H33N5O4. The molecule has 1 atom stereocenters. The molecule has 4 rings (SSSR count). The van der Waals surface area contributed by atoms with Crippen LogP contribution in [-0.2, 0) is 27.2 Å². The van der Waals surface area contributed by atoms with Gasteiger partial charge in [0.15, 0.2) is 0 Å². The molecule has 2 aromatic rings. The highest BCUT2D eigenvalue weighted by molar-refractivity contribution is 5.76. The maximum atomic E-state index is 12.6. The first kappa shape index (κ1) is 23.4. The molecule has 2 N–H and O–H groups in total. The Morgan fingerprint density at radius 3 is 2.73 bits per heavy atom. The predicted octanol–water partition coefficient (Wildman–Crippen LogP) is 0.865. The molecule has 0 bridgehead atoms. The van der Waals surface area contributed by atoms with Crippen molar-refractivity contribution in [2.75, 3.05) is 57.4 Å². The van der Waals surface area contributed by atoms with Crippen LogP contribution in [0.1, 0.15) is 23.2 Å². The number of amides is 1. The molecule has 0 spiro atoms. The van der Waals surface area contributed by atoms with Crippen LogP contribution in [0.15, 0.2) is 35.1 Å². The molecule has 2 aliphatic rings. The number of aryl methyl sites for hydroxylation is 1. The minimum absolute atomic E-state index is 0.0361. The molecule has 9 nitrogen and oxygen atoms in total. The molecule has 0 aliphatic carbocycles. The number of H-pyrrole nitrogens is 1. The first-order chi connectivity index (χ1) is 16.1. The van der Waals surface area contributed by atoms with Crippen molar-refractivity contribution in [3.8, 4) is 0 Å². The van der Waals surface area contributed by atoms with E-state index in [1.807, 2.05) is 30.0 Å². The number of morpholine rings is 2. The zero-order valence-corrected chi connectivity index (χ0v) is 19.2. The lowest BCUT2D eigenvalue weighted by molar-refractivity contribution is -0.122. The molecule has 1 amide bonds. The minimum Gasteiger partial charge on any atom is -0.378 e. The highest BCUT2D eigenvalue weighted by Crippen LogP contribution is 2.12. The fourth-order valence-corrected chi connectivity index (χ4v) is 4.26. The zero-order chi connectivity index (χ0) is 23.0. The van der Waals surface area contributed by atoms with E-state index in [1.165, 1.54) is 5.56 Å². The zero-order valence-electron chi connectivity index (χ0n) is 19.2. The highest BCUT2D eigenvalue weighted by atomic mass is 16.5. The average Bonchev–Trinajstić information content (AvgIpc) is 2.83. The molecule has 2 saturated heterocycles. The number of ether oxygens (including phenoxy) is 2. The Morgan fingerprint density at radius 2 is 1.97 bits per heavy atom. The number of carbonyl (C=O) groups is 1. The van der Waals surface area contributed by atoms with Crippen LogP contribution in [0.3, 0.4) is 0 Å². The normalized spacial score (nSPS) is 19.4. The molecule has 1 aromatic carbocycles. The molecule has 0 saturated carbocycles. The van der Waals surface area contributed by atoms with E-state index in [2.05, 4.69) is 32.3 Å². The minimum atomic E-state index is -0.177. The molecule has 9 heteroatoms. The maximum Gasteiger partial charge on any atom is 0.255 e. The van der Waals surface area contributed by atoms with Gasteiger partial charge in [-0.3, -0.25) is 19.5 Å². The number of carbonyl (C=O) groups excluding carboxylic acids is 1.